The van der Waals surface area contributed by atoms with Crippen LogP contribution in [0.15, 0.2) is 53.5 Å². The van der Waals surface area contributed by atoms with Gasteiger partial charge >= 0.3 is 17.6 Å². The molecule has 8 nitrogen and oxygen atoms in total. The van der Waals surface area contributed by atoms with Gasteiger partial charge < -0.3 is 9.47 Å². The second-order valence-electron chi connectivity index (χ2n) is 7.58. The predicted octanol–water partition coefficient (Wildman–Crippen LogP) is 5.68. The molecule has 34 heavy (non-hydrogen) atoms. The maximum absolute atomic E-state index is 12.7. The number of nitro benzene ring substituents is 1. The zero-order valence-electron chi connectivity index (χ0n) is 18.5. The maximum atomic E-state index is 12.7. The summed E-state index contributed by atoms with van der Waals surface area (Å²) >= 11 is 1.42. The molecule has 1 aromatic heterocycles. The van der Waals surface area contributed by atoms with Gasteiger partial charge in [-0.25, -0.2) is 14.6 Å². The number of benzene rings is 2. The number of thiophene rings is 1. The Kier molecular flexibility index (Phi) is 7.12. The molecule has 3 aromatic rings. The summed E-state index contributed by atoms with van der Waals surface area (Å²) < 4.78 is 10.7. The molecular formula is C25H22N2O6S. The summed E-state index contributed by atoms with van der Waals surface area (Å²) in [4.78, 5) is 41.9. The van der Waals surface area contributed by atoms with Crippen molar-refractivity contribution in [2.24, 2.45) is 4.99 Å². The van der Waals surface area contributed by atoms with E-state index < -0.39 is 16.9 Å². The number of nitro groups is 1. The molecule has 0 fully saturated rings. The van der Waals surface area contributed by atoms with Crippen molar-refractivity contribution in [1.82, 2.24) is 0 Å². The first-order chi connectivity index (χ1) is 16.5. The fourth-order valence-electron chi connectivity index (χ4n) is 3.81. The van der Waals surface area contributed by atoms with Crippen molar-refractivity contribution in [2.75, 3.05) is 6.61 Å². The van der Waals surface area contributed by atoms with Crippen molar-refractivity contribution in [3.8, 4) is 5.75 Å². The molecule has 0 atom stereocenters. The van der Waals surface area contributed by atoms with Crippen LogP contribution < -0.4 is 4.74 Å². The average Bonchev–Trinajstić information content (AvgIpc) is 3.22. The average molecular weight is 479 g/mol. The highest BCUT2D eigenvalue weighted by atomic mass is 32.1. The first-order valence-electron chi connectivity index (χ1n) is 10.9. The van der Waals surface area contributed by atoms with Crippen LogP contribution in [0.25, 0.3) is 0 Å². The van der Waals surface area contributed by atoms with Gasteiger partial charge in [-0.2, -0.15) is 0 Å². The van der Waals surface area contributed by atoms with Gasteiger partial charge in [-0.1, -0.05) is 24.3 Å². The van der Waals surface area contributed by atoms with E-state index in [-0.39, 0.29) is 29.2 Å². The molecule has 9 heteroatoms. The Morgan fingerprint density at radius 2 is 1.85 bits per heavy atom. The molecule has 0 amide bonds. The SMILES string of the molecule is CCOC(=O)c1c(/N=C/c2cccc([N+](=O)[O-])c2OC(=O)c2ccccc2)sc2c1CCCC2. The smallest absolute Gasteiger partial charge is 0.343 e. The molecule has 0 bridgehead atoms. The third-order valence-corrected chi connectivity index (χ3v) is 6.58. The third-order valence-electron chi connectivity index (χ3n) is 5.38. The first kappa shape index (κ1) is 23.3. The Morgan fingerprint density at radius 1 is 1.09 bits per heavy atom. The van der Waals surface area contributed by atoms with Crippen LogP contribution in [0.5, 0.6) is 5.75 Å². The Balaban J connectivity index is 1.73. The van der Waals surface area contributed by atoms with Gasteiger partial charge in [0.1, 0.15) is 5.00 Å². The minimum absolute atomic E-state index is 0.205. The Morgan fingerprint density at radius 3 is 2.59 bits per heavy atom. The molecule has 0 saturated carbocycles. The lowest BCUT2D eigenvalue weighted by Crippen LogP contribution is -2.11. The first-order valence-corrected chi connectivity index (χ1v) is 11.7. The van der Waals surface area contributed by atoms with Gasteiger partial charge in [0.15, 0.2) is 0 Å². The molecule has 0 spiro atoms. The zero-order valence-corrected chi connectivity index (χ0v) is 19.3. The van der Waals surface area contributed by atoms with Crippen LogP contribution in [0.3, 0.4) is 0 Å². The highest BCUT2D eigenvalue weighted by molar-refractivity contribution is 7.16. The molecule has 1 aliphatic carbocycles. The number of ether oxygens (including phenoxy) is 2. The molecule has 0 saturated heterocycles. The van der Waals surface area contributed by atoms with Crippen LogP contribution in [0.1, 0.15) is 56.5 Å². The van der Waals surface area contributed by atoms with E-state index >= 15 is 0 Å². The van der Waals surface area contributed by atoms with Gasteiger partial charge in [0, 0.05) is 22.7 Å². The molecule has 0 N–H and O–H groups in total. The zero-order chi connectivity index (χ0) is 24.1. The van der Waals surface area contributed by atoms with Crippen LogP contribution in [0, 0.1) is 10.1 Å². The Bertz CT molecular complexity index is 1270. The van der Waals surface area contributed by atoms with E-state index in [4.69, 9.17) is 9.47 Å². The summed E-state index contributed by atoms with van der Waals surface area (Å²) in [5, 5.41) is 12.1. The molecule has 1 heterocycles. The van der Waals surface area contributed by atoms with Crippen molar-refractivity contribution in [3.63, 3.8) is 0 Å². The fraction of sp³-hybridized carbons (Fsp3) is 0.240. The van der Waals surface area contributed by atoms with Crippen LogP contribution in [0.4, 0.5) is 10.7 Å². The summed E-state index contributed by atoms with van der Waals surface area (Å²) in [6.45, 7) is 1.99. The highest BCUT2D eigenvalue weighted by Gasteiger charge is 2.27. The molecular weight excluding hydrogens is 456 g/mol. The topological polar surface area (TPSA) is 108 Å². The molecule has 0 radical (unpaired) electrons. The van der Waals surface area contributed by atoms with E-state index in [0.29, 0.717) is 10.6 Å². The lowest BCUT2D eigenvalue weighted by molar-refractivity contribution is -0.385. The van der Waals surface area contributed by atoms with Crippen LogP contribution in [-0.4, -0.2) is 29.7 Å². The lowest BCUT2D eigenvalue weighted by Gasteiger charge is -2.11. The van der Waals surface area contributed by atoms with Gasteiger partial charge in [0.2, 0.25) is 5.75 Å². The van der Waals surface area contributed by atoms with Gasteiger partial charge in [0.25, 0.3) is 0 Å². The summed E-state index contributed by atoms with van der Waals surface area (Å²) in [5.41, 5.74) is 1.57. The number of aryl methyl sites for hydroxylation is 1. The number of carbonyl (C=O) groups is 2. The molecule has 4 rings (SSSR count). The fourth-order valence-corrected chi connectivity index (χ4v) is 5.03. The highest BCUT2D eigenvalue weighted by Crippen LogP contribution is 2.40. The molecule has 0 aliphatic heterocycles. The lowest BCUT2D eigenvalue weighted by atomic mass is 9.95. The van der Waals surface area contributed by atoms with Crippen molar-refractivity contribution in [3.05, 3.63) is 85.8 Å². The quantitative estimate of drug-likeness (QED) is 0.142. The van der Waals surface area contributed by atoms with E-state index in [9.17, 15) is 19.7 Å². The summed E-state index contributed by atoms with van der Waals surface area (Å²) in [7, 11) is 0. The third kappa shape index (κ3) is 4.89. The molecule has 2 aromatic carbocycles. The largest absolute Gasteiger partial charge is 0.462 e. The number of nitrogens with zero attached hydrogens (tertiary/aromatic N) is 2. The number of aliphatic imine (C=N–C) groups is 1. The molecule has 174 valence electrons. The standard InChI is InChI=1S/C25H22N2O6S/c1-2-32-25(29)21-18-12-6-7-14-20(18)34-23(21)26-15-17-11-8-13-19(27(30)31)22(17)33-24(28)16-9-4-3-5-10-16/h3-5,8-11,13,15H,2,6-7,12,14H2,1H3/b26-15+. The van der Waals surface area contributed by atoms with E-state index in [2.05, 4.69) is 4.99 Å². The summed E-state index contributed by atoms with van der Waals surface area (Å²) in [6, 6.07) is 12.5. The Hall–Kier alpha value is -3.85. The van der Waals surface area contributed by atoms with E-state index in [1.54, 1.807) is 43.3 Å². The van der Waals surface area contributed by atoms with Gasteiger partial charge in [-0.15, -0.1) is 11.3 Å². The Labute approximate surface area is 200 Å². The van der Waals surface area contributed by atoms with Crippen LogP contribution in [-0.2, 0) is 17.6 Å². The van der Waals surface area contributed by atoms with Crippen molar-refractivity contribution in [2.45, 2.75) is 32.6 Å². The molecule has 0 unspecified atom stereocenters. The van der Waals surface area contributed by atoms with Gasteiger partial charge in [-0.05, 0) is 56.4 Å². The second kappa shape index (κ2) is 10.4. The number of hydrogen-bond acceptors (Lipinski definition) is 8. The number of fused-ring (bicyclic) bond motifs is 1. The van der Waals surface area contributed by atoms with Crippen molar-refractivity contribution >= 4 is 40.2 Å². The van der Waals surface area contributed by atoms with Crippen LogP contribution >= 0.6 is 11.3 Å². The predicted molar refractivity (Wildman–Crippen MR) is 129 cm³/mol. The summed E-state index contributed by atoms with van der Waals surface area (Å²) in [6.07, 6.45) is 5.08. The second-order valence-corrected chi connectivity index (χ2v) is 8.66. The minimum atomic E-state index is -0.719. The number of hydrogen-bond donors (Lipinski definition) is 0. The minimum Gasteiger partial charge on any atom is -0.462 e. The van der Waals surface area contributed by atoms with Crippen LogP contribution in [0.2, 0.25) is 0 Å². The number of para-hydroxylation sites is 1. The monoisotopic (exact) mass is 478 g/mol. The van der Waals surface area contributed by atoms with Gasteiger partial charge in [-0.3, -0.25) is 10.1 Å². The van der Waals surface area contributed by atoms with Crippen molar-refractivity contribution in [1.29, 1.82) is 0 Å². The number of rotatable bonds is 7. The van der Waals surface area contributed by atoms with Crippen molar-refractivity contribution < 1.29 is 24.0 Å². The normalized spacial score (nSPS) is 12.9. The van der Waals surface area contributed by atoms with E-state index in [0.717, 1.165) is 36.1 Å². The summed E-state index contributed by atoms with van der Waals surface area (Å²) in [5.74, 6) is -1.35. The maximum Gasteiger partial charge on any atom is 0.343 e. The molecule has 1 aliphatic rings. The van der Waals surface area contributed by atoms with E-state index in [1.807, 2.05) is 0 Å². The number of esters is 2. The number of carbonyl (C=O) groups excluding carboxylic acids is 2. The van der Waals surface area contributed by atoms with Gasteiger partial charge in [0.05, 0.1) is 22.7 Å². The van der Waals surface area contributed by atoms with E-state index in [1.165, 1.54) is 29.7 Å².